The fraction of sp³-hybridized carbons (Fsp3) is 1.00. The lowest BCUT2D eigenvalue weighted by Gasteiger charge is -2.09. The second kappa shape index (κ2) is 2.79. The van der Waals surface area contributed by atoms with Gasteiger partial charge in [0.1, 0.15) is 6.10 Å². The molecule has 0 radical (unpaired) electrons. The zero-order chi connectivity index (χ0) is 7.72. The van der Waals surface area contributed by atoms with Gasteiger partial charge in [0.05, 0.1) is 12.6 Å². The van der Waals surface area contributed by atoms with Gasteiger partial charge in [-0.1, -0.05) is 0 Å². The molecule has 0 aromatic heterocycles. The van der Waals surface area contributed by atoms with Crippen LogP contribution in [0.4, 0.5) is 4.39 Å². The molecule has 0 spiro atoms. The Kier molecular flexibility index (Phi) is 2.20. The zero-order valence-electron chi connectivity index (χ0n) is 5.27. The van der Waals surface area contributed by atoms with E-state index in [0.29, 0.717) is 0 Å². The maximum Gasteiger partial charge on any atom is 0.188 e. The predicted octanol–water partition coefficient (Wildman–Crippen LogP) is -1.64. The fourth-order valence-electron chi connectivity index (χ4n) is 0.905. The van der Waals surface area contributed by atoms with Crippen molar-refractivity contribution in [1.29, 1.82) is 0 Å². The molecule has 1 unspecified atom stereocenters. The van der Waals surface area contributed by atoms with E-state index >= 15 is 0 Å². The second-order valence-electron chi connectivity index (χ2n) is 2.27. The number of rotatable bonds is 1. The van der Waals surface area contributed by atoms with Crippen LogP contribution in [-0.4, -0.2) is 41.4 Å². The standard InChI is InChI=1S/C5H10FNO3/c6-3-4(7)2(1-8)10-5(3)9/h2-5,8-9H,1,7H2/t2-,3-,4-,5?/m1/s1. The van der Waals surface area contributed by atoms with Gasteiger partial charge in [-0.2, -0.15) is 0 Å². The molecule has 1 heterocycles. The third-order valence-electron chi connectivity index (χ3n) is 1.56. The number of alkyl halides is 1. The highest BCUT2D eigenvalue weighted by atomic mass is 19.1. The van der Waals surface area contributed by atoms with Crippen molar-refractivity contribution in [2.75, 3.05) is 6.61 Å². The van der Waals surface area contributed by atoms with Gasteiger partial charge in [0.25, 0.3) is 0 Å². The largest absolute Gasteiger partial charge is 0.394 e. The molecule has 0 saturated carbocycles. The first-order valence-corrected chi connectivity index (χ1v) is 3.01. The van der Waals surface area contributed by atoms with E-state index in [1.165, 1.54) is 0 Å². The molecule has 1 rings (SSSR count). The molecule has 1 saturated heterocycles. The first-order valence-electron chi connectivity index (χ1n) is 3.01. The molecule has 1 aliphatic heterocycles. The first-order chi connectivity index (χ1) is 4.66. The minimum atomic E-state index is -1.59. The van der Waals surface area contributed by atoms with Crippen molar-refractivity contribution in [1.82, 2.24) is 0 Å². The summed E-state index contributed by atoms with van der Waals surface area (Å²) in [6.45, 7) is -0.362. The molecule has 4 atom stereocenters. The molecule has 4 N–H and O–H groups in total. The molecule has 0 aromatic rings. The SMILES string of the molecule is N[C@@H]1[C@@H](CO)OC(O)[C@@H]1F. The lowest BCUT2D eigenvalue weighted by Crippen LogP contribution is -2.39. The van der Waals surface area contributed by atoms with E-state index in [2.05, 4.69) is 4.74 Å². The fourth-order valence-corrected chi connectivity index (χ4v) is 0.905. The van der Waals surface area contributed by atoms with E-state index in [1.807, 2.05) is 0 Å². The monoisotopic (exact) mass is 151 g/mol. The predicted molar refractivity (Wildman–Crippen MR) is 30.8 cm³/mol. The van der Waals surface area contributed by atoms with Gasteiger partial charge in [0.15, 0.2) is 12.5 Å². The van der Waals surface area contributed by atoms with Crippen LogP contribution >= 0.6 is 0 Å². The maximum atomic E-state index is 12.5. The molecular weight excluding hydrogens is 141 g/mol. The van der Waals surface area contributed by atoms with Crippen molar-refractivity contribution in [2.45, 2.75) is 24.6 Å². The van der Waals surface area contributed by atoms with E-state index in [-0.39, 0.29) is 6.61 Å². The van der Waals surface area contributed by atoms with Crippen LogP contribution in [0.1, 0.15) is 0 Å². The van der Waals surface area contributed by atoms with Crippen LogP contribution in [0.15, 0.2) is 0 Å². The number of ether oxygens (including phenoxy) is 1. The van der Waals surface area contributed by atoms with Crippen molar-refractivity contribution in [3.05, 3.63) is 0 Å². The van der Waals surface area contributed by atoms with Crippen LogP contribution < -0.4 is 5.73 Å². The van der Waals surface area contributed by atoms with E-state index < -0.39 is 24.6 Å². The maximum absolute atomic E-state index is 12.5. The Morgan fingerprint density at radius 1 is 1.60 bits per heavy atom. The Morgan fingerprint density at radius 3 is 2.40 bits per heavy atom. The van der Waals surface area contributed by atoms with Crippen LogP contribution in [0.2, 0.25) is 0 Å². The Morgan fingerprint density at radius 2 is 2.20 bits per heavy atom. The van der Waals surface area contributed by atoms with Gasteiger partial charge in [0.2, 0.25) is 0 Å². The van der Waals surface area contributed by atoms with Gasteiger partial charge in [-0.05, 0) is 0 Å². The number of aliphatic hydroxyl groups is 2. The van der Waals surface area contributed by atoms with Gasteiger partial charge in [-0.3, -0.25) is 0 Å². The Labute approximate surface area is 57.4 Å². The van der Waals surface area contributed by atoms with Gasteiger partial charge in [-0.15, -0.1) is 0 Å². The van der Waals surface area contributed by atoms with Gasteiger partial charge in [0, 0.05) is 0 Å². The highest BCUT2D eigenvalue weighted by Crippen LogP contribution is 2.19. The Hall–Kier alpha value is -0.230. The second-order valence-corrected chi connectivity index (χ2v) is 2.27. The summed E-state index contributed by atoms with van der Waals surface area (Å²) in [5.41, 5.74) is 5.20. The molecule has 0 aliphatic carbocycles. The molecule has 0 bridgehead atoms. The summed E-state index contributed by atoms with van der Waals surface area (Å²) in [4.78, 5) is 0. The van der Waals surface area contributed by atoms with Crippen LogP contribution in [0.5, 0.6) is 0 Å². The van der Waals surface area contributed by atoms with E-state index in [1.54, 1.807) is 0 Å². The normalized spacial score (nSPS) is 48.0. The van der Waals surface area contributed by atoms with E-state index in [0.717, 1.165) is 0 Å². The van der Waals surface area contributed by atoms with Crippen molar-refractivity contribution in [3.8, 4) is 0 Å². The number of nitrogens with two attached hydrogens (primary N) is 1. The van der Waals surface area contributed by atoms with E-state index in [4.69, 9.17) is 15.9 Å². The molecule has 4 nitrogen and oxygen atoms in total. The minimum Gasteiger partial charge on any atom is -0.394 e. The first kappa shape index (κ1) is 7.87. The highest BCUT2D eigenvalue weighted by Gasteiger charge is 2.41. The minimum absolute atomic E-state index is 0.362. The van der Waals surface area contributed by atoms with Crippen LogP contribution in [0.25, 0.3) is 0 Å². The zero-order valence-corrected chi connectivity index (χ0v) is 5.27. The summed E-state index contributed by atoms with van der Waals surface area (Å²) < 4.78 is 17.1. The third-order valence-corrected chi connectivity index (χ3v) is 1.56. The Balaban J connectivity index is 2.53. The van der Waals surface area contributed by atoms with E-state index in [9.17, 15) is 4.39 Å². The summed E-state index contributed by atoms with van der Waals surface area (Å²) in [5.74, 6) is 0. The highest BCUT2D eigenvalue weighted by molar-refractivity contribution is 4.88. The smallest absolute Gasteiger partial charge is 0.188 e. The van der Waals surface area contributed by atoms with Crippen molar-refractivity contribution in [3.63, 3.8) is 0 Å². The van der Waals surface area contributed by atoms with Gasteiger partial charge in [-0.25, -0.2) is 4.39 Å². The van der Waals surface area contributed by atoms with Crippen LogP contribution in [-0.2, 0) is 4.74 Å². The molecule has 1 aliphatic rings. The van der Waals surface area contributed by atoms with Gasteiger partial charge < -0.3 is 20.7 Å². The molecule has 0 amide bonds. The molecule has 10 heavy (non-hydrogen) atoms. The van der Waals surface area contributed by atoms with Crippen molar-refractivity contribution >= 4 is 0 Å². The lowest BCUT2D eigenvalue weighted by molar-refractivity contribution is -0.120. The molecule has 0 aromatic carbocycles. The summed E-state index contributed by atoms with van der Waals surface area (Å²) in [7, 11) is 0. The number of aliphatic hydroxyl groups excluding tert-OH is 2. The summed E-state index contributed by atoms with van der Waals surface area (Å²) in [6.07, 6.45) is -3.84. The molecule has 5 heteroatoms. The molecular formula is C5H10FNO3. The number of halogens is 1. The third kappa shape index (κ3) is 1.13. The average Bonchev–Trinajstić information content (AvgIpc) is 2.17. The molecule has 60 valence electrons. The van der Waals surface area contributed by atoms with Crippen LogP contribution in [0, 0.1) is 0 Å². The summed E-state index contributed by atoms with van der Waals surface area (Å²) >= 11 is 0. The number of hydrogen-bond donors (Lipinski definition) is 3. The topological polar surface area (TPSA) is 75.7 Å². The Bertz CT molecular complexity index is 123. The number of hydrogen-bond acceptors (Lipinski definition) is 4. The lowest BCUT2D eigenvalue weighted by atomic mass is 10.1. The summed E-state index contributed by atoms with van der Waals surface area (Å²) in [5, 5.41) is 17.2. The van der Waals surface area contributed by atoms with Crippen molar-refractivity contribution < 1.29 is 19.3 Å². The average molecular weight is 151 g/mol. The quantitative estimate of drug-likeness (QED) is 0.420. The van der Waals surface area contributed by atoms with Crippen molar-refractivity contribution in [2.24, 2.45) is 5.73 Å². The van der Waals surface area contributed by atoms with Gasteiger partial charge >= 0.3 is 0 Å². The molecule has 1 fully saturated rings. The summed E-state index contributed by atoms with van der Waals surface area (Å²) in [6, 6.07) is -0.917. The van der Waals surface area contributed by atoms with Crippen LogP contribution in [0.3, 0.4) is 0 Å².